The van der Waals surface area contributed by atoms with Gasteiger partial charge in [-0.15, -0.1) is 12.4 Å². The molecule has 2 aliphatic carbocycles. The Morgan fingerprint density at radius 1 is 1.00 bits per heavy atom. The van der Waals surface area contributed by atoms with Crippen LogP contribution in [-0.4, -0.2) is 19.1 Å². The maximum absolute atomic E-state index is 11.0. The first-order chi connectivity index (χ1) is 7.84. The van der Waals surface area contributed by atoms with Crippen molar-refractivity contribution in [3.8, 4) is 0 Å². The quantitative estimate of drug-likeness (QED) is 0.614. The second kappa shape index (κ2) is 13.8. The van der Waals surface area contributed by atoms with E-state index in [0.717, 1.165) is 0 Å². The molecule has 0 unspecified atom stereocenters. The van der Waals surface area contributed by atoms with Crippen LogP contribution >= 0.6 is 12.4 Å². The van der Waals surface area contributed by atoms with Gasteiger partial charge in [-0.1, -0.05) is 0 Å². The number of carbonyl (C=O) groups is 1. The fourth-order valence-electron chi connectivity index (χ4n) is 1.07. The Morgan fingerprint density at radius 2 is 1.44 bits per heavy atom. The molecule has 0 spiro atoms. The molecule has 10 radical (unpaired) electrons. The van der Waals surface area contributed by atoms with Gasteiger partial charge in [-0.05, 0) is 57.8 Å². The molecular weight excluding hydrogens is 339 g/mol. The molecule has 0 heterocycles. The predicted octanol–water partition coefficient (Wildman–Crippen LogP) is 1.33. The van der Waals surface area contributed by atoms with Crippen molar-refractivity contribution >= 4 is 18.4 Å². The zero-order valence-electron chi connectivity index (χ0n) is 9.77. The topological polar surface area (TPSA) is 52.3 Å². The molecule has 0 aromatic carbocycles. The predicted molar refractivity (Wildman–Crippen MR) is 69.2 cm³/mol. The van der Waals surface area contributed by atoms with Crippen LogP contribution < -0.4 is 5.73 Å². The number of esters is 1. The summed E-state index contributed by atoms with van der Waals surface area (Å²) in [6.45, 7) is 0.649. The Bertz CT molecular complexity index is 188. The Kier molecular flexibility index (Phi) is 15.8. The van der Waals surface area contributed by atoms with E-state index in [4.69, 9.17) is 10.5 Å². The summed E-state index contributed by atoms with van der Waals surface area (Å²) >= 11 is 0. The third-order valence-corrected chi connectivity index (χ3v) is 1.80. The van der Waals surface area contributed by atoms with Gasteiger partial charge in [-0.3, -0.25) is 4.79 Å². The van der Waals surface area contributed by atoms with Crippen molar-refractivity contribution in [2.75, 3.05) is 13.2 Å². The smallest absolute Gasteiger partial charge is 0.464 e. The zero-order valence-corrected chi connectivity index (χ0v) is 12.3. The summed E-state index contributed by atoms with van der Waals surface area (Å²) in [5, 5.41) is 0. The van der Waals surface area contributed by atoms with Crippen LogP contribution in [0.3, 0.4) is 0 Å². The van der Waals surface area contributed by atoms with Gasteiger partial charge in [0.15, 0.2) is 0 Å². The van der Waals surface area contributed by atoms with Gasteiger partial charge in [-0.25, -0.2) is 0 Å². The molecule has 0 aliphatic heterocycles. The summed E-state index contributed by atoms with van der Waals surface area (Å²) in [4.78, 5) is 11.0. The minimum Gasteiger partial charge on any atom is -0.464 e. The van der Waals surface area contributed by atoms with Crippen LogP contribution in [0, 0.1) is 63.7 Å². The van der Waals surface area contributed by atoms with Crippen molar-refractivity contribution < 1.29 is 29.0 Å². The largest absolute Gasteiger partial charge is 2.00 e. The minimum atomic E-state index is -0.305. The van der Waals surface area contributed by atoms with Crippen molar-refractivity contribution in [2.45, 2.75) is 0 Å². The molecule has 0 aromatic rings. The molecule has 0 atom stereocenters. The van der Waals surface area contributed by atoms with E-state index in [9.17, 15) is 4.79 Å². The molecule has 98 valence electrons. The van der Waals surface area contributed by atoms with Crippen LogP contribution in [-0.2, 0) is 29.0 Å². The molecule has 0 aromatic heterocycles. The van der Waals surface area contributed by atoms with Crippen LogP contribution in [0.15, 0.2) is 0 Å². The number of carbonyl (C=O) groups excluding carboxylic acids is 1. The van der Waals surface area contributed by atoms with E-state index < -0.39 is 0 Å². The van der Waals surface area contributed by atoms with Gasteiger partial charge in [0, 0.05) is 6.54 Å². The molecular formula is C13H16ClNO2Ru+2. The third-order valence-electron chi connectivity index (χ3n) is 1.80. The van der Waals surface area contributed by atoms with E-state index in [1.807, 2.05) is 32.1 Å². The molecule has 3 nitrogen and oxygen atoms in total. The van der Waals surface area contributed by atoms with Gasteiger partial charge in [0.05, 0.1) is 5.92 Å². The molecule has 18 heavy (non-hydrogen) atoms. The standard InChI is InChI=1S/C8H10NO2.C5H5.ClH.Ru/c9-5-6-11-8(10)7-3-1-2-4-7;1-2-4-5-3-1;;/h1-4H,5-6,9H2;1-5H;1H;/q;;;+2. The Morgan fingerprint density at radius 3 is 1.83 bits per heavy atom. The van der Waals surface area contributed by atoms with Crippen molar-refractivity contribution in [3.05, 3.63) is 63.7 Å². The molecule has 2 N–H and O–H groups in total. The second-order valence-corrected chi connectivity index (χ2v) is 3.06. The van der Waals surface area contributed by atoms with Crippen molar-refractivity contribution in [2.24, 2.45) is 5.73 Å². The van der Waals surface area contributed by atoms with E-state index in [2.05, 4.69) is 0 Å². The first-order valence-corrected chi connectivity index (χ1v) is 5.10. The Hall–Kier alpha value is 0.343. The molecule has 0 bridgehead atoms. The fourth-order valence-corrected chi connectivity index (χ4v) is 1.07. The van der Waals surface area contributed by atoms with Gasteiger partial charge >= 0.3 is 25.4 Å². The molecule has 0 saturated heterocycles. The number of hydrogen-bond donors (Lipinski definition) is 1. The summed E-state index contributed by atoms with van der Waals surface area (Å²) in [7, 11) is 0. The van der Waals surface area contributed by atoms with Crippen LogP contribution in [0.25, 0.3) is 0 Å². The number of halogens is 1. The summed E-state index contributed by atoms with van der Waals surface area (Å²) < 4.78 is 4.77. The molecule has 2 fully saturated rings. The monoisotopic (exact) mass is 355 g/mol. The van der Waals surface area contributed by atoms with E-state index in [0.29, 0.717) is 12.5 Å². The maximum Gasteiger partial charge on any atom is 2.00 e. The Balaban J connectivity index is 0. The van der Waals surface area contributed by atoms with Crippen molar-refractivity contribution in [1.29, 1.82) is 0 Å². The summed E-state index contributed by atoms with van der Waals surface area (Å²) in [6, 6.07) is 0. The average molecular weight is 355 g/mol. The number of rotatable bonds is 3. The molecule has 2 aliphatic rings. The normalized spacial score (nSPS) is 18.1. The molecule has 5 heteroatoms. The first-order valence-electron chi connectivity index (χ1n) is 5.10. The third kappa shape index (κ3) is 9.30. The minimum absolute atomic E-state index is 0. The summed E-state index contributed by atoms with van der Waals surface area (Å²) in [5.41, 5.74) is 5.15. The van der Waals surface area contributed by atoms with E-state index >= 15 is 0 Å². The molecule has 2 rings (SSSR count). The SMILES string of the molecule is Cl.NCCOC(=O)[C]1[CH][CH][CH][CH]1.[CH]1[CH][CH][CH][CH]1.[Ru+2]. The van der Waals surface area contributed by atoms with Crippen LogP contribution in [0.5, 0.6) is 0 Å². The number of hydrogen-bond acceptors (Lipinski definition) is 3. The fraction of sp³-hybridized carbons (Fsp3) is 0.154. The molecule has 2 saturated carbocycles. The maximum atomic E-state index is 11.0. The van der Waals surface area contributed by atoms with Crippen LogP contribution in [0.4, 0.5) is 0 Å². The van der Waals surface area contributed by atoms with E-state index in [1.165, 1.54) is 0 Å². The Labute approximate surface area is 130 Å². The van der Waals surface area contributed by atoms with Crippen LogP contribution in [0.1, 0.15) is 0 Å². The number of nitrogens with two attached hydrogens (primary N) is 1. The molecule has 0 amide bonds. The van der Waals surface area contributed by atoms with Crippen LogP contribution in [0.2, 0.25) is 0 Å². The van der Waals surface area contributed by atoms with E-state index in [1.54, 1.807) is 25.7 Å². The average Bonchev–Trinajstić information content (AvgIpc) is 2.98. The second-order valence-electron chi connectivity index (χ2n) is 3.06. The van der Waals surface area contributed by atoms with Crippen molar-refractivity contribution in [3.63, 3.8) is 0 Å². The number of ether oxygens (including phenoxy) is 1. The first kappa shape index (κ1) is 20.7. The van der Waals surface area contributed by atoms with Gasteiger partial charge in [0.2, 0.25) is 0 Å². The summed E-state index contributed by atoms with van der Waals surface area (Å²) in [5.74, 6) is 0.277. The van der Waals surface area contributed by atoms with E-state index in [-0.39, 0.29) is 44.5 Å². The van der Waals surface area contributed by atoms with Gasteiger partial charge in [0.1, 0.15) is 6.61 Å². The summed E-state index contributed by atoms with van der Waals surface area (Å²) in [6.07, 6.45) is 17.0. The van der Waals surface area contributed by atoms with Gasteiger partial charge in [-0.2, -0.15) is 0 Å². The van der Waals surface area contributed by atoms with Gasteiger partial charge < -0.3 is 10.5 Å². The van der Waals surface area contributed by atoms with Crippen molar-refractivity contribution in [1.82, 2.24) is 0 Å². The van der Waals surface area contributed by atoms with Gasteiger partial charge in [0.25, 0.3) is 0 Å². The zero-order chi connectivity index (χ0) is 11.6.